The Hall–Kier alpha value is -1.67. The van der Waals surface area contributed by atoms with Crippen LogP contribution in [0.25, 0.3) is 0 Å². The van der Waals surface area contributed by atoms with Gasteiger partial charge in [0.25, 0.3) is 0 Å². The first-order valence-electron chi connectivity index (χ1n) is 6.25. The fourth-order valence-electron chi connectivity index (χ4n) is 2.59. The monoisotopic (exact) mass is 242 g/mol. The van der Waals surface area contributed by atoms with Gasteiger partial charge in [0.1, 0.15) is 5.82 Å². The summed E-state index contributed by atoms with van der Waals surface area (Å²) < 4.78 is 13.6. The molecule has 2 aromatic carbocycles. The zero-order valence-corrected chi connectivity index (χ0v) is 9.96. The number of hydrogen-bond acceptors (Lipinski definition) is 1. The predicted molar refractivity (Wildman–Crippen MR) is 68.6 cm³/mol. The Morgan fingerprint density at radius 2 is 1.67 bits per heavy atom. The summed E-state index contributed by atoms with van der Waals surface area (Å²) in [6, 6.07) is 16.6. The van der Waals surface area contributed by atoms with E-state index in [-0.39, 0.29) is 11.7 Å². The molecule has 3 atom stereocenters. The van der Waals surface area contributed by atoms with Crippen LogP contribution in [0, 0.1) is 11.7 Å². The maximum atomic E-state index is 13.6. The van der Waals surface area contributed by atoms with Crippen molar-refractivity contribution in [2.24, 2.45) is 5.92 Å². The highest BCUT2D eigenvalue weighted by Crippen LogP contribution is 2.54. The van der Waals surface area contributed by atoms with E-state index in [0.717, 1.165) is 6.42 Å². The molecule has 2 heteroatoms. The number of aliphatic hydroxyl groups is 1. The highest BCUT2D eigenvalue weighted by molar-refractivity contribution is 5.30. The highest BCUT2D eigenvalue weighted by Gasteiger charge is 2.44. The van der Waals surface area contributed by atoms with Gasteiger partial charge < -0.3 is 5.11 Å². The average Bonchev–Trinajstić information content (AvgIpc) is 3.20. The van der Waals surface area contributed by atoms with Gasteiger partial charge in [0, 0.05) is 5.56 Å². The van der Waals surface area contributed by atoms with Crippen LogP contribution < -0.4 is 0 Å². The Kier molecular flexibility index (Phi) is 2.88. The first kappa shape index (κ1) is 11.4. The van der Waals surface area contributed by atoms with Crippen LogP contribution in [0.2, 0.25) is 0 Å². The first-order chi connectivity index (χ1) is 8.77. The van der Waals surface area contributed by atoms with Gasteiger partial charge in [-0.25, -0.2) is 4.39 Å². The molecule has 1 N–H and O–H groups in total. The van der Waals surface area contributed by atoms with E-state index in [1.807, 2.05) is 18.2 Å². The van der Waals surface area contributed by atoms with Crippen molar-refractivity contribution in [1.29, 1.82) is 0 Å². The second-order valence-corrected chi connectivity index (χ2v) is 4.88. The fourth-order valence-corrected chi connectivity index (χ4v) is 2.59. The van der Waals surface area contributed by atoms with Crippen molar-refractivity contribution in [2.75, 3.05) is 0 Å². The standard InChI is InChI=1S/C16H15FO/c17-15-9-5-4-8-12(15)16(18)14-10-13(14)11-6-2-1-3-7-11/h1-9,13-14,16,18H,10H2. The van der Waals surface area contributed by atoms with Gasteiger partial charge in [-0.05, 0) is 29.9 Å². The van der Waals surface area contributed by atoms with Gasteiger partial charge in [-0.1, -0.05) is 48.5 Å². The van der Waals surface area contributed by atoms with Crippen LogP contribution in [0.15, 0.2) is 54.6 Å². The highest BCUT2D eigenvalue weighted by atomic mass is 19.1. The topological polar surface area (TPSA) is 20.2 Å². The van der Waals surface area contributed by atoms with Crippen molar-refractivity contribution in [2.45, 2.75) is 18.4 Å². The molecule has 1 fully saturated rings. The van der Waals surface area contributed by atoms with Crippen LogP contribution in [0.1, 0.15) is 29.6 Å². The van der Waals surface area contributed by atoms with Gasteiger partial charge >= 0.3 is 0 Å². The van der Waals surface area contributed by atoms with Crippen LogP contribution in [-0.2, 0) is 0 Å². The lowest BCUT2D eigenvalue weighted by atomic mass is 10.0. The van der Waals surface area contributed by atoms with E-state index < -0.39 is 6.10 Å². The molecule has 0 heterocycles. The Labute approximate surface area is 106 Å². The molecular formula is C16H15FO. The zero-order valence-electron chi connectivity index (χ0n) is 9.96. The quantitative estimate of drug-likeness (QED) is 0.870. The third-order valence-electron chi connectivity index (χ3n) is 3.70. The minimum atomic E-state index is -0.698. The Balaban J connectivity index is 1.77. The van der Waals surface area contributed by atoms with Gasteiger partial charge in [0.15, 0.2) is 0 Å². The van der Waals surface area contributed by atoms with E-state index >= 15 is 0 Å². The first-order valence-corrected chi connectivity index (χ1v) is 6.25. The molecule has 0 radical (unpaired) electrons. The second kappa shape index (κ2) is 4.54. The molecule has 0 bridgehead atoms. The van der Waals surface area contributed by atoms with Crippen molar-refractivity contribution < 1.29 is 9.50 Å². The SMILES string of the molecule is OC(c1ccccc1F)C1CC1c1ccccc1. The number of benzene rings is 2. The molecule has 1 saturated carbocycles. The number of aliphatic hydroxyl groups excluding tert-OH is 1. The molecular weight excluding hydrogens is 227 g/mol. The molecule has 18 heavy (non-hydrogen) atoms. The molecule has 1 aliphatic carbocycles. The second-order valence-electron chi connectivity index (χ2n) is 4.88. The summed E-state index contributed by atoms with van der Waals surface area (Å²) in [5, 5.41) is 10.2. The summed E-state index contributed by atoms with van der Waals surface area (Å²) in [7, 11) is 0. The van der Waals surface area contributed by atoms with Crippen molar-refractivity contribution >= 4 is 0 Å². The van der Waals surface area contributed by atoms with Crippen molar-refractivity contribution in [3.63, 3.8) is 0 Å². The van der Waals surface area contributed by atoms with E-state index in [0.29, 0.717) is 11.5 Å². The van der Waals surface area contributed by atoms with E-state index in [1.165, 1.54) is 11.6 Å². The summed E-state index contributed by atoms with van der Waals surface area (Å²) in [4.78, 5) is 0. The zero-order chi connectivity index (χ0) is 12.5. The van der Waals surface area contributed by atoms with Gasteiger partial charge in [0.2, 0.25) is 0 Å². The fraction of sp³-hybridized carbons (Fsp3) is 0.250. The van der Waals surface area contributed by atoms with Crippen molar-refractivity contribution in [3.05, 3.63) is 71.5 Å². The lowest BCUT2D eigenvalue weighted by Gasteiger charge is -2.11. The molecule has 1 nitrogen and oxygen atoms in total. The Morgan fingerprint density at radius 1 is 1.00 bits per heavy atom. The van der Waals surface area contributed by atoms with Gasteiger partial charge in [-0.15, -0.1) is 0 Å². The summed E-state index contributed by atoms with van der Waals surface area (Å²) in [5.41, 5.74) is 1.65. The molecule has 0 saturated heterocycles. The molecule has 0 amide bonds. The largest absolute Gasteiger partial charge is 0.388 e. The molecule has 0 aliphatic heterocycles. The lowest BCUT2D eigenvalue weighted by Crippen LogP contribution is -2.03. The maximum absolute atomic E-state index is 13.6. The minimum Gasteiger partial charge on any atom is -0.388 e. The number of hydrogen-bond donors (Lipinski definition) is 1. The normalized spacial score (nSPS) is 23.7. The van der Waals surface area contributed by atoms with Crippen LogP contribution >= 0.6 is 0 Å². The molecule has 0 spiro atoms. The molecule has 2 aromatic rings. The van der Waals surface area contributed by atoms with E-state index in [9.17, 15) is 9.50 Å². The predicted octanol–water partition coefficient (Wildman–Crippen LogP) is 3.66. The lowest BCUT2D eigenvalue weighted by molar-refractivity contribution is 0.147. The summed E-state index contributed by atoms with van der Waals surface area (Å²) >= 11 is 0. The molecule has 0 aromatic heterocycles. The van der Waals surface area contributed by atoms with Gasteiger partial charge in [0.05, 0.1) is 6.10 Å². The molecule has 92 valence electrons. The summed E-state index contributed by atoms with van der Waals surface area (Å²) in [6.07, 6.45) is 0.232. The van der Waals surface area contributed by atoms with E-state index in [1.54, 1.807) is 18.2 Å². The third-order valence-corrected chi connectivity index (χ3v) is 3.70. The van der Waals surface area contributed by atoms with Crippen molar-refractivity contribution in [3.8, 4) is 0 Å². The van der Waals surface area contributed by atoms with Crippen LogP contribution in [-0.4, -0.2) is 5.11 Å². The van der Waals surface area contributed by atoms with Crippen LogP contribution in [0.3, 0.4) is 0 Å². The maximum Gasteiger partial charge on any atom is 0.129 e. The van der Waals surface area contributed by atoms with E-state index in [4.69, 9.17) is 0 Å². The van der Waals surface area contributed by atoms with Crippen LogP contribution in [0.4, 0.5) is 4.39 Å². The third kappa shape index (κ3) is 2.04. The van der Waals surface area contributed by atoms with Crippen molar-refractivity contribution in [1.82, 2.24) is 0 Å². The van der Waals surface area contributed by atoms with E-state index in [2.05, 4.69) is 12.1 Å². The molecule has 3 unspecified atom stereocenters. The van der Waals surface area contributed by atoms with Gasteiger partial charge in [-0.3, -0.25) is 0 Å². The average molecular weight is 242 g/mol. The number of halogens is 1. The van der Waals surface area contributed by atoms with Crippen LogP contribution in [0.5, 0.6) is 0 Å². The molecule has 1 aliphatic rings. The molecule has 3 rings (SSSR count). The Morgan fingerprint density at radius 3 is 2.39 bits per heavy atom. The summed E-state index contributed by atoms with van der Waals surface area (Å²) in [5.74, 6) is 0.189. The minimum absolute atomic E-state index is 0.143. The number of rotatable bonds is 3. The summed E-state index contributed by atoms with van der Waals surface area (Å²) in [6.45, 7) is 0. The smallest absolute Gasteiger partial charge is 0.129 e. The Bertz CT molecular complexity index is 538. The van der Waals surface area contributed by atoms with Gasteiger partial charge in [-0.2, -0.15) is 0 Å².